The predicted octanol–water partition coefficient (Wildman–Crippen LogP) is 0.740. The zero-order chi connectivity index (χ0) is 16.4. The average molecular weight is 321 g/mol. The van der Waals surface area contributed by atoms with Crippen molar-refractivity contribution in [1.82, 2.24) is 10.0 Å². The Morgan fingerprint density at radius 2 is 1.71 bits per heavy atom. The Labute approximate surface area is 121 Å². The van der Waals surface area contributed by atoms with Crippen LogP contribution < -0.4 is 15.8 Å². The molecule has 0 unspecified atom stereocenters. The number of amides is 1. The maximum absolute atomic E-state index is 13.6. The molecular formula is C12H17F2N3O3S. The number of nitrogen functional groups attached to an aromatic ring is 1. The normalized spacial score (nSPS) is 12.2. The lowest BCUT2D eigenvalue weighted by molar-refractivity contribution is -0.121. The standard InChI is InChI=1S/C12H17F2N3O3S/c1-12(2,3)17-10(18)6-16-21(19,20)11-8(13)4-7(15)5-9(11)14/h4-5,16H,6,15H2,1-3H3,(H,17,18). The van der Waals surface area contributed by atoms with Gasteiger partial charge in [-0.2, -0.15) is 0 Å². The number of hydrogen-bond donors (Lipinski definition) is 3. The van der Waals surface area contributed by atoms with Crippen LogP contribution in [0.3, 0.4) is 0 Å². The smallest absolute Gasteiger partial charge is 0.246 e. The van der Waals surface area contributed by atoms with Gasteiger partial charge in [-0.1, -0.05) is 0 Å². The molecule has 0 aliphatic carbocycles. The number of benzene rings is 1. The Morgan fingerprint density at radius 1 is 1.24 bits per heavy atom. The molecule has 4 N–H and O–H groups in total. The van der Waals surface area contributed by atoms with Crippen molar-refractivity contribution in [3.05, 3.63) is 23.8 Å². The zero-order valence-electron chi connectivity index (χ0n) is 11.8. The topological polar surface area (TPSA) is 101 Å². The fourth-order valence-corrected chi connectivity index (χ4v) is 2.63. The van der Waals surface area contributed by atoms with E-state index in [4.69, 9.17) is 5.73 Å². The average Bonchev–Trinajstić information content (AvgIpc) is 2.22. The van der Waals surface area contributed by atoms with E-state index in [-0.39, 0.29) is 5.69 Å². The number of sulfonamides is 1. The third-order valence-corrected chi connectivity index (χ3v) is 3.68. The summed E-state index contributed by atoms with van der Waals surface area (Å²) in [6.07, 6.45) is 0. The van der Waals surface area contributed by atoms with Crippen molar-refractivity contribution in [1.29, 1.82) is 0 Å². The molecule has 6 nitrogen and oxygen atoms in total. The molecule has 1 rings (SSSR count). The number of rotatable bonds is 4. The van der Waals surface area contributed by atoms with Crippen molar-refractivity contribution in [2.45, 2.75) is 31.2 Å². The van der Waals surface area contributed by atoms with E-state index in [9.17, 15) is 22.0 Å². The first-order valence-electron chi connectivity index (χ1n) is 5.97. The van der Waals surface area contributed by atoms with E-state index in [1.807, 2.05) is 4.72 Å². The van der Waals surface area contributed by atoms with E-state index in [0.29, 0.717) is 12.1 Å². The van der Waals surface area contributed by atoms with Crippen molar-refractivity contribution >= 4 is 21.6 Å². The minimum atomic E-state index is -4.51. The van der Waals surface area contributed by atoms with E-state index in [2.05, 4.69) is 5.32 Å². The van der Waals surface area contributed by atoms with Gasteiger partial charge in [0.15, 0.2) is 4.90 Å². The third-order valence-electron chi connectivity index (χ3n) is 2.23. The summed E-state index contributed by atoms with van der Waals surface area (Å²) in [4.78, 5) is 10.3. The van der Waals surface area contributed by atoms with Crippen LogP contribution in [0.5, 0.6) is 0 Å². The van der Waals surface area contributed by atoms with E-state index in [0.717, 1.165) is 0 Å². The van der Waals surface area contributed by atoms with Crippen molar-refractivity contribution < 1.29 is 22.0 Å². The molecular weight excluding hydrogens is 304 g/mol. The number of carbonyl (C=O) groups is 1. The SMILES string of the molecule is CC(C)(C)NC(=O)CNS(=O)(=O)c1c(F)cc(N)cc1F. The molecule has 1 amide bonds. The Hall–Kier alpha value is -1.74. The highest BCUT2D eigenvalue weighted by Gasteiger charge is 2.25. The molecule has 21 heavy (non-hydrogen) atoms. The van der Waals surface area contributed by atoms with Gasteiger partial charge in [0.05, 0.1) is 6.54 Å². The van der Waals surface area contributed by atoms with Gasteiger partial charge in [-0.15, -0.1) is 0 Å². The zero-order valence-corrected chi connectivity index (χ0v) is 12.6. The number of hydrogen-bond acceptors (Lipinski definition) is 4. The molecule has 0 fully saturated rings. The molecule has 0 spiro atoms. The lowest BCUT2D eigenvalue weighted by Crippen LogP contribution is -2.46. The first-order chi connectivity index (χ1) is 9.42. The Kier molecular flexibility index (Phi) is 4.90. The molecule has 1 aromatic rings. The predicted molar refractivity (Wildman–Crippen MR) is 73.9 cm³/mol. The molecule has 0 saturated heterocycles. The maximum atomic E-state index is 13.6. The van der Waals surface area contributed by atoms with Crippen LogP contribution in [0.25, 0.3) is 0 Å². The molecule has 0 bridgehead atoms. The second kappa shape index (κ2) is 5.94. The van der Waals surface area contributed by atoms with Crippen LogP contribution in [0.4, 0.5) is 14.5 Å². The largest absolute Gasteiger partial charge is 0.399 e. The summed E-state index contributed by atoms with van der Waals surface area (Å²) in [5, 5.41) is 2.51. The summed E-state index contributed by atoms with van der Waals surface area (Å²) < 4.78 is 52.7. The number of nitrogens with one attached hydrogen (secondary N) is 2. The Morgan fingerprint density at radius 3 is 2.14 bits per heavy atom. The molecule has 0 radical (unpaired) electrons. The van der Waals surface area contributed by atoms with Gasteiger partial charge >= 0.3 is 0 Å². The molecule has 0 aliphatic rings. The van der Waals surface area contributed by atoms with Crippen LogP contribution in [-0.2, 0) is 14.8 Å². The van der Waals surface area contributed by atoms with Crippen LogP contribution in [0, 0.1) is 11.6 Å². The van der Waals surface area contributed by atoms with Crippen molar-refractivity contribution in [2.75, 3.05) is 12.3 Å². The van der Waals surface area contributed by atoms with Crippen molar-refractivity contribution in [2.24, 2.45) is 0 Å². The highest BCUT2D eigenvalue weighted by atomic mass is 32.2. The van der Waals surface area contributed by atoms with Gasteiger partial charge in [0.1, 0.15) is 11.6 Å². The van der Waals surface area contributed by atoms with Gasteiger partial charge in [-0.05, 0) is 32.9 Å². The minimum Gasteiger partial charge on any atom is -0.399 e. The second-order valence-electron chi connectivity index (χ2n) is 5.44. The number of halogens is 2. The maximum Gasteiger partial charge on any atom is 0.246 e. The van der Waals surface area contributed by atoms with Gasteiger partial charge < -0.3 is 11.1 Å². The fourth-order valence-electron chi connectivity index (χ4n) is 1.53. The first-order valence-corrected chi connectivity index (χ1v) is 7.46. The summed E-state index contributed by atoms with van der Waals surface area (Å²) >= 11 is 0. The van der Waals surface area contributed by atoms with E-state index in [1.165, 1.54) is 0 Å². The molecule has 0 heterocycles. The highest BCUT2D eigenvalue weighted by molar-refractivity contribution is 7.89. The number of anilines is 1. The lowest BCUT2D eigenvalue weighted by atomic mass is 10.1. The van der Waals surface area contributed by atoms with Crippen LogP contribution in [0.1, 0.15) is 20.8 Å². The molecule has 1 aromatic carbocycles. The van der Waals surface area contributed by atoms with Crippen LogP contribution in [0.2, 0.25) is 0 Å². The first kappa shape index (κ1) is 17.3. The summed E-state index contributed by atoms with van der Waals surface area (Å²) in [7, 11) is -4.51. The van der Waals surface area contributed by atoms with Gasteiger partial charge in [-0.3, -0.25) is 4.79 Å². The quantitative estimate of drug-likeness (QED) is 0.712. The van der Waals surface area contributed by atoms with Crippen LogP contribution in [0.15, 0.2) is 17.0 Å². The number of nitrogens with two attached hydrogens (primary N) is 1. The van der Waals surface area contributed by atoms with Gasteiger partial charge in [0, 0.05) is 11.2 Å². The summed E-state index contributed by atoms with van der Waals surface area (Å²) in [6, 6.07) is 1.37. The third kappa shape index (κ3) is 4.94. The van der Waals surface area contributed by atoms with Gasteiger partial charge in [0.2, 0.25) is 15.9 Å². The molecule has 118 valence electrons. The van der Waals surface area contributed by atoms with Crippen molar-refractivity contribution in [3.8, 4) is 0 Å². The Balaban J connectivity index is 2.91. The van der Waals surface area contributed by atoms with Crippen LogP contribution in [-0.4, -0.2) is 26.4 Å². The fraction of sp³-hybridized carbons (Fsp3) is 0.417. The number of carbonyl (C=O) groups excluding carboxylic acids is 1. The molecule has 0 aromatic heterocycles. The Bertz CT molecular complexity index is 631. The molecule has 0 atom stereocenters. The van der Waals surface area contributed by atoms with Gasteiger partial charge in [0.25, 0.3) is 0 Å². The van der Waals surface area contributed by atoms with E-state index in [1.54, 1.807) is 20.8 Å². The summed E-state index contributed by atoms with van der Waals surface area (Å²) in [6.45, 7) is 4.49. The van der Waals surface area contributed by atoms with Crippen molar-refractivity contribution in [3.63, 3.8) is 0 Å². The van der Waals surface area contributed by atoms with E-state index < -0.39 is 44.5 Å². The highest BCUT2D eigenvalue weighted by Crippen LogP contribution is 2.21. The lowest BCUT2D eigenvalue weighted by Gasteiger charge is -2.20. The van der Waals surface area contributed by atoms with Gasteiger partial charge in [-0.25, -0.2) is 21.9 Å². The minimum absolute atomic E-state index is 0.241. The van der Waals surface area contributed by atoms with E-state index >= 15 is 0 Å². The second-order valence-corrected chi connectivity index (χ2v) is 7.14. The summed E-state index contributed by atoms with van der Waals surface area (Å²) in [5.41, 5.74) is 4.41. The molecule has 0 saturated carbocycles. The van der Waals surface area contributed by atoms with Crippen LogP contribution >= 0.6 is 0 Å². The summed E-state index contributed by atoms with van der Waals surface area (Å²) in [5.74, 6) is -3.27. The molecule has 0 aliphatic heterocycles. The molecule has 9 heteroatoms. The monoisotopic (exact) mass is 321 g/mol.